The van der Waals surface area contributed by atoms with Crippen molar-refractivity contribution < 1.29 is 19.2 Å². The number of nitro benzene ring substituents is 1. The zero-order valence-electron chi connectivity index (χ0n) is 16.7. The predicted octanol–water partition coefficient (Wildman–Crippen LogP) is 4.91. The summed E-state index contributed by atoms with van der Waals surface area (Å²) in [4.78, 5) is 37.1. The van der Waals surface area contributed by atoms with Crippen LogP contribution in [0.25, 0.3) is 0 Å². The van der Waals surface area contributed by atoms with E-state index in [1.807, 2.05) is 6.92 Å². The number of nitro groups is 1. The summed E-state index contributed by atoms with van der Waals surface area (Å²) in [6, 6.07) is 4.23. The first-order chi connectivity index (χ1) is 13.8. The second-order valence-corrected chi connectivity index (χ2v) is 8.51. The van der Waals surface area contributed by atoms with Crippen LogP contribution in [0.2, 0.25) is 0 Å². The van der Waals surface area contributed by atoms with Gasteiger partial charge in [-0.15, -0.1) is 11.3 Å². The Bertz CT molecular complexity index is 966. The van der Waals surface area contributed by atoms with Crippen molar-refractivity contribution in [1.82, 2.24) is 0 Å². The highest BCUT2D eigenvalue weighted by Crippen LogP contribution is 2.40. The quantitative estimate of drug-likeness (QED) is 0.410. The summed E-state index contributed by atoms with van der Waals surface area (Å²) in [5, 5.41) is 14.3. The molecule has 0 saturated heterocycles. The molecule has 1 aliphatic rings. The Morgan fingerprint density at radius 2 is 2.14 bits per heavy atom. The lowest BCUT2D eigenvalue weighted by Crippen LogP contribution is -2.17. The molecule has 154 valence electrons. The molecule has 3 rings (SSSR count). The van der Waals surface area contributed by atoms with Gasteiger partial charge in [-0.1, -0.05) is 13.8 Å². The topological polar surface area (TPSA) is 98.5 Å². The van der Waals surface area contributed by atoms with Crippen molar-refractivity contribution in [1.29, 1.82) is 0 Å². The van der Waals surface area contributed by atoms with Crippen molar-refractivity contribution in [2.24, 2.45) is 5.92 Å². The highest BCUT2D eigenvalue weighted by molar-refractivity contribution is 7.17. The number of nitrogens with one attached hydrogen (secondary N) is 1. The second-order valence-electron chi connectivity index (χ2n) is 7.40. The van der Waals surface area contributed by atoms with Gasteiger partial charge in [0.15, 0.2) is 0 Å². The molecule has 1 aliphatic carbocycles. The molecule has 0 spiro atoms. The van der Waals surface area contributed by atoms with Gasteiger partial charge in [-0.2, -0.15) is 0 Å². The number of hydrogen-bond donors (Lipinski definition) is 1. The van der Waals surface area contributed by atoms with Crippen molar-refractivity contribution in [3.8, 4) is 0 Å². The molecule has 1 aromatic heterocycles. The van der Waals surface area contributed by atoms with E-state index in [2.05, 4.69) is 12.2 Å². The zero-order valence-corrected chi connectivity index (χ0v) is 17.6. The molecule has 8 heteroatoms. The van der Waals surface area contributed by atoms with Gasteiger partial charge in [0.2, 0.25) is 0 Å². The zero-order chi connectivity index (χ0) is 21.1. The van der Waals surface area contributed by atoms with Crippen LogP contribution in [0.5, 0.6) is 0 Å². The number of nitrogens with zero attached hydrogens (tertiary/aromatic N) is 1. The van der Waals surface area contributed by atoms with Crippen LogP contribution in [0.1, 0.15) is 63.4 Å². The van der Waals surface area contributed by atoms with Gasteiger partial charge in [-0.25, -0.2) is 4.79 Å². The standard InChI is InChI=1S/C21H24N2O5S/c1-4-9-28-21(25)18-15-7-5-12(2)10-17(15)29-20(18)22-19(24)14-6-8-16(23(26)27)13(3)11-14/h6,8,11-12H,4-5,7,9-10H2,1-3H3,(H,22,24). The molecule has 1 unspecified atom stereocenters. The van der Waals surface area contributed by atoms with Gasteiger partial charge in [0.1, 0.15) is 5.00 Å². The molecule has 1 amide bonds. The summed E-state index contributed by atoms with van der Waals surface area (Å²) < 4.78 is 5.36. The number of fused-ring (bicyclic) bond motifs is 1. The molecule has 1 atom stereocenters. The third kappa shape index (κ3) is 4.48. The van der Waals surface area contributed by atoms with E-state index in [4.69, 9.17) is 4.74 Å². The maximum absolute atomic E-state index is 12.8. The van der Waals surface area contributed by atoms with Crippen molar-refractivity contribution in [2.75, 3.05) is 11.9 Å². The summed E-state index contributed by atoms with van der Waals surface area (Å²) >= 11 is 1.42. The molecule has 1 heterocycles. The first-order valence-electron chi connectivity index (χ1n) is 9.69. The Labute approximate surface area is 173 Å². The fourth-order valence-electron chi connectivity index (χ4n) is 3.50. The molecule has 2 aromatic rings. The number of amides is 1. The van der Waals surface area contributed by atoms with E-state index in [9.17, 15) is 19.7 Å². The van der Waals surface area contributed by atoms with Crippen molar-refractivity contribution in [3.05, 3.63) is 55.4 Å². The number of carbonyl (C=O) groups excluding carboxylic acids is 2. The maximum atomic E-state index is 12.8. The van der Waals surface area contributed by atoms with E-state index in [-0.39, 0.29) is 5.69 Å². The third-order valence-corrected chi connectivity index (χ3v) is 6.21. The SMILES string of the molecule is CCCOC(=O)c1c(NC(=O)c2ccc([N+](=O)[O-])c(C)c2)sc2c1CCC(C)C2. The molecule has 1 aromatic carbocycles. The van der Waals surface area contributed by atoms with E-state index >= 15 is 0 Å². The molecule has 29 heavy (non-hydrogen) atoms. The van der Waals surface area contributed by atoms with E-state index < -0.39 is 16.8 Å². The Hall–Kier alpha value is -2.74. The lowest BCUT2D eigenvalue weighted by atomic mass is 9.88. The number of aryl methyl sites for hydroxylation is 1. The summed E-state index contributed by atoms with van der Waals surface area (Å²) in [5.74, 6) is -0.283. The van der Waals surface area contributed by atoms with E-state index in [1.54, 1.807) is 6.92 Å². The van der Waals surface area contributed by atoms with Crippen LogP contribution >= 0.6 is 11.3 Å². The molecule has 0 bridgehead atoms. The Morgan fingerprint density at radius 3 is 2.79 bits per heavy atom. The normalized spacial score (nSPS) is 15.5. The lowest BCUT2D eigenvalue weighted by molar-refractivity contribution is -0.385. The van der Waals surface area contributed by atoms with E-state index in [0.29, 0.717) is 34.2 Å². The molecule has 0 fully saturated rings. The van der Waals surface area contributed by atoms with Crippen molar-refractivity contribution >= 4 is 33.9 Å². The number of hydrogen-bond acceptors (Lipinski definition) is 6. The van der Waals surface area contributed by atoms with Crippen LogP contribution in [-0.2, 0) is 17.6 Å². The van der Waals surface area contributed by atoms with Crippen molar-refractivity contribution in [3.63, 3.8) is 0 Å². The molecule has 0 aliphatic heterocycles. The first kappa shape index (κ1) is 21.0. The number of rotatable bonds is 6. The number of carbonyl (C=O) groups is 2. The first-order valence-corrected chi connectivity index (χ1v) is 10.5. The summed E-state index contributed by atoms with van der Waals surface area (Å²) in [7, 11) is 0. The monoisotopic (exact) mass is 416 g/mol. The minimum Gasteiger partial charge on any atom is -0.462 e. The highest BCUT2D eigenvalue weighted by Gasteiger charge is 2.29. The van der Waals surface area contributed by atoms with E-state index in [1.165, 1.54) is 29.5 Å². The van der Waals surface area contributed by atoms with Crippen LogP contribution in [0, 0.1) is 23.0 Å². The lowest BCUT2D eigenvalue weighted by Gasteiger charge is -2.18. The minimum atomic E-state index is -0.479. The predicted molar refractivity (Wildman–Crippen MR) is 112 cm³/mol. The number of thiophene rings is 1. The molecule has 0 radical (unpaired) electrons. The number of benzene rings is 1. The largest absolute Gasteiger partial charge is 0.462 e. The highest BCUT2D eigenvalue weighted by atomic mass is 32.1. The van der Waals surface area contributed by atoms with Crippen LogP contribution in [0.4, 0.5) is 10.7 Å². The average Bonchev–Trinajstić information content (AvgIpc) is 3.02. The van der Waals surface area contributed by atoms with Gasteiger partial charge < -0.3 is 10.1 Å². The number of ether oxygens (including phenoxy) is 1. The molecular formula is C21H24N2O5S. The maximum Gasteiger partial charge on any atom is 0.341 e. The number of anilines is 1. The molecule has 1 N–H and O–H groups in total. The Kier molecular flexibility index (Phi) is 6.32. The summed E-state index contributed by atoms with van der Waals surface area (Å²) in [6.07, 6.45) is 3.38. The van der Waals surface area contributed by atoms with Gasteiger partial charge in [0.25, 0.3) is 11.6 Å². The molecule has 0 saturated carbocycles. The minimum absolute atomic E-state index is 0.0362. The van der Waals surface area contributed by atoms with Gasteiger partial charge in [0.05, 0.1) is 17.1 Å². The second kappa shape index (κ2) is 8.73. The van der Waals surface area contributed by atoms with Crippen molar-refractivity contribution in [2.45, 2.75) is 46.5 Å². The van der Waals surface area contributed by atoms with Gasteiger partial charge in [0, 0.05) is 22.1 Å². The molecular weight excluding hydrogens is 392 g/mol. The average molecular weight is 416 g/mol. The summed E-state index contributed by atoms with van der Waals surface area (Å²) in [6.45, 7) is 6.02. The van der Waals surface area contributed by atoms with Crippen LogP contribution in [-0.4, -0.2) is 23.4 Å². The fourth-order valence-corrected chi connectivity index (χ4v) is 4.89. The Balaban J connectivity index is 1.91. The van der Waals surface area contributed by atoms with E-state index in [0.717, 1.165) is 36.1 Å². The van der Waals surface area contributed by atoms with Crippen LogP contribution in [0.15, 0.2) is 18.2 Å². The third-order valence-electron chi connectivity index (χ3n) is 5.04. The summed E-state index contributed by atoms with van der Waals surface area (Å²) in [5.41, 5.74) is 2.11. The number of esters is 1. The van der Waals surface area contributed by atoms with Gasteiger partial charge >= 0.3 is 5.97 Å². The smallest absolute Gasteiger partial charge is 0.341 e. The van der Waals surface area contributed by atoms with Crippen LogP contribution < -0.4 is 5.32 Å². The van der Waals surface area contributed by atoms with Crippen LogP contribution in [0.3, 0.4) is 0 Å². The fraction of sp³-hybridized carbons (Fsp3) is 0.429. The Morgan fingerprint density at radius 1 is 1.38 bits per heavy atom. The molecule has 7 nitrogen and oxygen atoms in total. The van der Waals surface area contributed by atoms with Gasteiger partial charge in [-0.05, 0) is 56.2 Å². The van der Waals surface area contributed by atoms with Gasteiger partial charge in [-0.3, -0.25) is 14.9 Å².